The van der Waals surface area contributed by atoms with E-state index in [0.717, 1.165) is 24.3 Å². The van der Waals surface area contributed by atoms with Gasteiger partial charge in [0.1, 0.15) is 23.5 Å². The molecule has 0 unspecified atom stereocenters. The number of alkyl halides is 5. The van der Waals surface area contributed by atoms with Crippen LogP contribution in [0.3, 0.4) is 0 Å². The Morgan fingerprint density at radius 3 is 2.52 bits per heavy atom. The van der Waals surface area contributed by atoms with Crippen molar-refractivity contribution in [3.63, 3.8) is 0 Å². The molecule has 9 heteroatoms. The Morgan fingerprint density at radius 2 is 1.85 bits per heavy atom. The Hall–Kier alpha value is -2.73. The lowest BCUT2D eigenvalue weighted by Crippen LogP contribution is -2.48. The van der Waals surface area contributed by atoms with E-state index >= 15 is 0 Å². The van der Waals surface area contributed by atoms with E-state index in [2.05, 4.69) is 0 Å². The largest absolute Gasteiger partial charge is 0.457 e. The van der Waals surface area contributed by atoms with E-state index in [1.54, 1.807) is 6.07 Å². The first-order chi connectivity index (χ1) is 12.5. The Bertz CT molecular complexity index is 1020. The predicted molar refractivity (Wildman–Crippen MR) is 78.8 cm³/mol. The summed E-state index contributed by atoms with van der Waals surface area (Å²) in [7, 11) is 0. The second-order valence-corrected chi connectivity index (χ2v) is 6.47. The third-order valence-corrected chi connectivity index (χ3v) is 4.89. The number of nitriles is 1. The molecule has 0 fully saturated rings. The van der Waals surface area contributed by atoms with Crippen LogP contribution in [0.5, 0.6) is 11.5 Å². The summed E-state index contributed by atoms with van der Waals surface area (Å²) in [4.78, 5) is 0. The predicted octanol–water partition coefficient (Wildman–Crippen LogP) is 4.83. The zero-order chi connectivity index (χ0) is 19.8. The fraction of sp³-hybridized carbons (Fsp3) is 0.278. The van der Waals surface area contributed by atoms with Gasteiger partial charge in [-0.05, 0) is 24.3 Å². The van der Waals surface area contributed by atoms with Crippen LogP contribution < -0.4 is 4.74 Å². The van der Waals surface area contributed by atoms with Crippen molar-refractivity contribution in [2.24, 2.45) is 0 Å². The first kappa shape index (κ1) is 17.7. The number of benzene rings is 2. The average molecular weight is 385 g/mol. The lowest BCUT2D eigenvalue weighted by atomic mass is 9.95. The molecule has 0 saturated carbocycles. The fourth-order valence-corrected chi connectivity index (χ4v) is 3.70. The van der Waals surface area contributed by atoms with Crippen LogP contribution in [0, 0.1) is 17.1 Å². The van der Waals surface area contributed by atoms with E-state index in [4.69, 9.17) is 10.00 Å². The Labute approximate surface area is 148 Å². The topological polar surface area (TPSA) is 53.2 Å². The maximum absolute atomic E-state index is 14.5. The average Bonchev–Trinajstić information content (AvgIpc) is 2.92. The maximum atomic E-state index is 14.5. The van der Waals surface area contributed by atoms with Crippen molar-refractivity contribution >= 4 is 0 Å². The Morgan fingerprint density at radius 1 is 1.15 bits per heavy atom. The lowest BCUT2D eigenvalue weighted by molar-refractivity contribution is -0.287. The van der Waals surface area contributed by atoms with Gasteiger partial charge in [0, 0.05) is 29.2 Å². The minimum Gasteiger partial charge on any atom is -0.457 e. The molecule has 0 spiro atoms. The van der Waals surface area contributed by atoms with Gasteiger partial charge in [0.2, 0.25) is 0 Å². The van der Waals surface area contributed by atoms with E-state index < -0.39 is 58.3 Å². The van der Waals surface area contributed by atoms with Gasteiger partial charge < -0.3 is 9.84 Å². The molecule has 2 aliphatic rings. The van der Waals surface area contributed by atoms with Gasteiger partial charge in [-0.2, -0.15) is 22.8 Å². The minimum absolute atomic E-state index is 0.117. The zero-order valence-electron chi connectivity index (χ0n) is 13.2. The van der Waals surface area contributed by atoms with Gasteiger partial charge >= 0.3 is 11.8 Å². The molecule has 0 saturated heterocycles. The molecule has 3 nitrogen and oxygen atoms in total. The van der Waals surface area contributed by atoms with E-state index in [1.807, 2.05) is 0 Å². The van der Waals surface area contributed by atoms with E-state index in [1.165, 1.54) is 0 Å². The van der Waals surface area contributed by atoms with Crippen molar-refractivity contribution in [2.75, 3.05) is 0 Å². The highest BCUT2D eigenvalue weighted by Gasteiger charge is 2.79. The Balaban J connectivity index is 1.89. The standard InChI is InChI=1S/C18H9F6NO2/c19-9-3-8(7-25)4-10(5-9)27-13-2-1-11-15-14(13)12(20)6-16(15,26)18(23,24)17(11,21)22/h1-5,12,26H,6H2/t12-,16+/m1/s1. The van der Waals surface area contributed by atoms with E-state index in [-0.39, 0.29) is 11.3 Å². The zero-order valence-corrected chi connectivity index (χ0v) is 13.2. The quantitative estimate of drug-likeness (QED) is 0.754. The van der Waals surface area contributed by atoms with Crippen molar-refractivity contribution in [3.8, 4) is 17.6 Å². The summed E-state index contributed by atoms with van der Waals surface area (Å²) < 4.78 is 89.9. The first-order valence-corrected chi connectivity index (χ1v) is 7.71. The summed E-state index contributed by atoms with van der Waals surface area (Å²) in [5.74, 6) is -11.1. The summed E-state index contributed by atoms with van der Waals surface area (Å²) in [5.41, 5.74) is -6.20. The van der Waals surface area contributed by atoms with Crippen molar-refractivity contribution in [2.45, 2.75) is 30.0 Å². The van der Waals surface area contributed by atoms with Gasteiger partial charge in [0.15, 0.2) is 5.60 Å². The van der Waals surface area contributed by atoms with Gasteiger partial charge in [-0.3, -0.25) is 0 Å². The highest BCUT2D eigenvalue weighted by atomic mass is 19.3. The van der Waals surface area contributed by atoms with Gasteiger partial charge in [0.25, 0.3) is 0 Å². The van der Waals surface area contributed by atoms with Gasteiger partial charge in [-0.15, -0.1) is 0 Å². The number of ether oxygens (including phenoxy) is 1. The van der Waals surface area contributed by atoms with Crippen molar-refractivity contribution in [1.82, 2.24) is 0 Å². The van der Waals surface area contributed by atoms with Crippen LogP contribution in [-0.2, 0) is 11.5 Å². The molecule has 140 valence electrons. The van der Waals surface area contributed by atoms with Crippen LogP contribution in [0.4, 0.5) is 26.3 Å². The monoisotopic (exact) mass is 385 g/mol. The molecular weight excluding hydrogens is 376 g/mol. The SMILES string of the molecule is N#Cc1cc(F)cc(Oc2ccc3c4c2[C@H](F)C[C@@]4(O)C(F)(F)C3(F)F)c1. The summed E-state index contributed by atoms with van der Waals surface area (Å²) in [6, 6.07) is 6.04. The second-order valence-electron chi connectivity index (χ2n) is 6.47. The van der Waals surface area contributed by atoms with Crippen LogP contribution in [0.15, 0.2) is 30.3 Å². The van der Waals surface area contributed by atoms with Gasteiger partial charge in [-0.25, -0.2) is 8.78 Å². The van der Waals surface area contributed by atoms with Crippen molar-refractivity contribution < 1.29 is 36.2 Å². The fourth-order valence-electron chi connectivity index (χ4n) is 3.70. The molecule has 2 atom stereocenters. The molecule has 2 aliphatic carbocycles. The number of hydrogen-bond acceptors (Lipinski definition) is 3. The van der Waals surface area contributed by atoms with Gasteiger partial charge in [0.05, 0.1) is 11.6 Å². The summed E-state index contributed by atoms with van der Waals surface area (Å²) in [6.07, 6.45) is -3.45. The molecular formula is C18H9F6NO2. The summed E-state index contributed by atoms with van der Waals surface area (Å²) in [5, 5.41) is 19.1. The van der Waals surface area contributed by atoms with Crippen LogP contribution in [0.1, 0.15) is 34.8 Å². The maximum Gasteiger partial charge on any atom is 0.346 e. The van der Waals surface area contributed by atoms with Gasteiger partial charge in [-0.1, -0.05) is 0 Å². The number of nitrogens with zero attached hydrogens (tertiary/aromatic N) is 1. The first-order valence-electron chi connectivity index (χ1n) is 7.71. The molecule has 0 amide bonds. The molecule has 0 aromatic heterocycles. The summed E-state index contributed by atoms with van der Waals surface area (Å²) >= 11 is 0. The van der Waals surface area contributed by atoms with Crippen molar-refractivity contribution in [3.05, 3.63) is 58.4 Å². The lowest BCUT2D eigenvalue weighted by Gasteiger charge is -2.30. The molecule has 2 aromatic carbocycles. The Kier molecular flexibility index (Phi) is 3.38. The second kappa shape index (κ2) is 5.16. The molecule has 2 aromatic rings. The van der Waals surface area contributed by atoms with Crippen LogP contribution in [0.25, 0.3) is 0 Å². The van der Waals surface area contributed by atoms with E-state index in [0.29, 0.717) is 6.07 Å². The molecule has 0 radical (unpaired) electrons. The smallest absolute Gasteiger partial charge is 0.346 e. The van der Waals surface area contributed by atoms with Crippen LogP contribution >= 0.6 is 0 Å². The third kappa shape index (κ3) is 2.07. The molecule has 4 rings (SSSR count). The highest BCUT2D eigenvalue weighted by molar-refractivity contribution is 5.60. The normalized spacial score (nSPS) is 26.5. The highest BCUT2D eigenvalue weighted by Crippen LogP contribution is 2.68. The number of hydrogen-bond donors (Lipinski definition) is 1. The number of halogens is 6. The number of rotatable bonds is 2. The van der Waals surface area contributed by atoms with E-state index in [9.17, 15) is 31.4 Å². The molecule has 1 N–H and O–H groups in total. The third-order valence-electron chi connectivity index (χ3n) is 4.89. The van der Waals surface area contributed by atoms with Crippen LogP contribution in [0.2, 0.25) is 0 Å². The van der Waals surface area contributed by atoms with Crippen LogP contribution in [-0.4, -0.2) is 11.0 Å². The number of aliphatic hydroxyl groups is 1. The summed E-state index contributed by atoms with van der Waals surface area (Å²) in [6.45, 7) is 0. The van der Waals surface area contributed by atoms with Crippen molar-refractivity contribution in [1.29, 1.82) is 5.26 Å². The molecule has 27 heavy (non-hydrogen) atoms. The molecule has 0 heterocycles. The molecule has 0 bridgehead atoms. The minimum atomic E-state index is -4.90. The molecule has 0 aliphatic heterocycles.